The van der Waals surface area contributed by atoms with Crippen LogP contribution in [0.3, 0.4) is 0 Å². The van der Waals surface area contributed by atoms with E-state index in [-0.39, 0.29) is 24.9 Å². The number of aliphatic hydroxyl groups is 1. The van der Waals surface area contributed by atoms with E-state index in [9.17, 15) is 9.90 Å². The largest absolute Gasteiger partial charge is 0.491 e. The third-order valence-electron chi connectivity index (χ3n) is 2.17. The summed E-state index contributed by atoms with van der Waals surface area (Å²) in [6.07, 6.45) is -0.638. The maximum absolute atomic E-state index is 10.6. The molecule has 0 aliphatic carbocycles. The Labute approximate surface area is 106 Å². The van der Waals surface area contributed by atoms with Crippen molar-refractivity contribution in [2.45, 2.75) is 26.1 Å². The third kappa shape index (κ3) is 5.16. The van der Waals surface area contributed by atoms with Crippen LogP contribution in [0.15, 0.2) is 24.3 Å². The number of benzene rings is 1. The molecule has 0 fully saturated rings. The minimum absolute atomic E-state index is 0.0644. The molecule has 18 heavy (non-hydrogen) atoms. The Morgan fingerprint density at radius 2 is 1.83 bits per heavy atom. The minimum Gasteiger partial charge on any atom is -0.491 e. The molecule has 0 heterocycles. The molecule has 1 aromatic carbocycles. The highest BCUT2D eigenvalue weighted by Gasteiger charge is 2.07. The Kier molecular flexibility index (Phi) is 5.61. The lowest BCUT2D eigenvalue weighted by molar-refractivity contribution is -0.0122. The molecule has 5 nitrogen and oxygen atoms in total. The van der Waals surface area contributed by atoms with E-state index in [1.807, 2.05) is 13.8 Å². The quantitative estimate of drug-likeness (QED) is 0.772. The smallest absolute Gasteiger partial charge is 0.335 e. The van der Waals surface area contributed by atoms with Crippen molar-refractivity contribution in [1.82, 2.24) is 0 Å². The predicted molar refractivity (Wildman–Crippen MR) is 66.0 cm³/mol. The highest BCUT2D eigenvalue weighted by Crippen LogP contribution is 2.12. The molecule has 0 radical (unpaired) electrons. The summed E-state index contributed by atoms with van der Waals surface area (Å²) in [5.74, 6) is -0.462. The second-order valence-electron chi connectivity index (χ2n) is 4.18. The van der Waals surface area contributed by atoms with Crippen LogP contribution in [0.2, 0.25) is 0 Å². The molecular formula is C13H18O5. The molecule has 0 aliphatic rings. The van der Waals surface area contributed by atoms with Crippen LogP contribution in [0.4, 0.5) is 0 Å². The van der Waals surface area contributed by atoms with Crippen molar-refractivity contribution in [3.05, 3.63) is 29.8 Å². The number of aliphatic hydroxyl groups excluding tert-OH is 1. The Hall–Kier alpha value is -1.59. The van der Waals surface area contributed by atoms with Crippen molar-refractivity contribution in [3.63, 3.8) is 0 Å². The van der Waals surface area contributed by atoms with E-state index in [1.165, 1.54) is 12.1 Å². The van der Waals surface area contributed by atoms with Gasteiger partial charge in [-0.15, -0.1) is 0 Å². The fourth-order valence-corrected chi connectivity index (χ4v) is 1.24. The van der Waals surface area contributed by atoms with Crippen LogP contribution in [0.25, 0.3) is 0 Å². The van der Waals surface area contributed by atoms with Gasteiger partial charge in [0, 0.05) is 0 Å². The number of carboxylic acid groups (broad SMARTS) is 1. The summed E-state index contributed by atoms with van der Waals surface area (Å²) in [5, 5.41) is 18.3. The highest BCUT2D eigenvalue weighted by atomic mass is 16.5. The van der Waals surface area contributed by atoms with Gasteiger partial charge in [-0.25, -0.2) is 4.79 Å². The van der Waals surface area contributed by atoms with Gasteiger partial charge in [-0.3, -0.25) is 0 Å². The van der Waals surface area contributed by atoms with Gasteiger partial charge in [0.05, 0.1) is 18.3 Å². The van der Waals surface area contributed by atoms with E-state index in [2.05, 4.69) is 0 Å². The summed E-state index contributed by atoms with van der Waals surface area (Å²) in [6, 6.07) is 6.02. The molecule has 0 saturated carbocycles. The normalized spacial score (nSPS) is 12.4. The molecule has 0 spiro atoms. The maximum atomic E-state index is 10.6. The first-order valence-electron chi connectivity index (χ1n) is 5.75. The average Bonchev–Trinajstić information content (AvgIpc) is 2.34. The van der Waals surface area contributed by atoms with Crippen LogP contribution in [-0.2, 0) is 4.74 Å². The Bertz CT molecular complexity index is 371. The van der Waals surface area contributed by atoms with Crippen LogP contribution >= 0.6 is 0 Å². The molecule has 1 unspecified atom stereocenters. The summed E-state index contributed by atoms with van der Waals surface area (Å²) in [5.41, 5.74) is 0.200. The predicted octanol–water partition coefficient (Wildman–Crippen LogP) is 1.55. The van der Waals surface area contributed by atoms with E-state index in [1.54, 1.807) is 12.1 Å². The molecule has 0 aromatic heterocycles. The summed E-state index contributed by atoms with van der Waals surface area (Å²) in [4.78, 5) is 10.6. The monoisotopic (exact) mass is 254 g/mol. The van der Waals surface area contributed by atoms with Gasteiger partial charge in [-0.05, 0) is 38.1 Å². The van der Waals surface area contributed by atoms with Crippen molar-refractivity contribution in [2.24, 2.45) is 0 Å². The molecule has 1 aromatic rings. The molecule has 5 heteroatoms. The van der Waals surface area contributed by atoms with Crippen LogP contribution in [-0.4, -0.2) is 41.6 Å². The summed E-state index contributed by atoms with van der Waals surface area (Å²) in [6.45, 7) is 4.10. The van der Waals surface area contributed by atoms with Gasteiger partial charge in [0.25, 0.3) is 0 Å². The number of hydrogen-bond donors (Lipinski definition) is 2. The first kappa shape index (κ1) is 14.5. The molecule has 0 amide bonds. The van der Waals surface area contributed by atoms with Crippen molar-refractivity contribution in [3.8, 4) is 5.75 Å². The third-order valence-corrected chi connectivity index (χ3v) is 2.17. The van der Waals surface area contributed by atoms with E-state index < -0.39 is 12.1 Å². The van der Waals surface area contributed by atoms with Gasteiger partial charge >= 0.3 is 5.97 Å². The van der Waals surface area contributed by atoms with Gasteiger partial charge in [0.1, 0.15) is 18.5 Å². The molecule has 0 saturated heterocycles. The van der Waals surface area contributed by atoms with Crippen molar-refractivity contribution in [2.75, 3.05) is 13.2 Å². The average molecular weight is 254 g/mol. The van der Waals surface area contributed by atoms with Gasteiger partial charge in [0.15, 0.2) is 0 Å². The van der Waals surface area contributed by atoms with E-state index >= 15 is 0 Å². The SMILES string of the molecule is CC(C)OCC(O)COc1ccc(C(=O)O)cc1. The van der Waals surface area contributed by atoms with Crippen LogP contribution in [0.5, 0.6) is 5.75 Å². The second-order valence-corrected chi connectivity index (χ2v) is 4.18. The first-order chi connectivity index (χ1) is 8.49. The maximum Gasteiger partial charge on any atom is 0.335 e. The summed E-state index contributed by atoms with van der Waals surface area (Å²) >= 11 is 0. The molecule has 100 valence electrons. The number of hydrogen-bond acceptors (Lipinski definition) is 4. The van der Waals surface area contributed by atoms with Gasteiger partial charge in [-0.1, -0.05) is 0 Å². The van der Waals surface area contributed by atoms with E-state index in [0.717, 1.165) is 0 Å². The van der Waals surface area contributed by atoms with Crippen molar-refractivity contribution in [1.29, 1.82) is 0 Å². The zero-order valence-corrected chi connectivity index (χ0v) is 10.5. The standard InChI is InChI=1S/C13H18O5/c1-9(2)17-7-11(14)8-18-12-5-3-10(4-6-12)13(15)16/h3-6,9,11,14H,7-8H2,1-2H3,(H,15,16). The number of carboxylic acids is 1. The molecule has 1 atom stereocenters. The fourth-order valence-electron chi connectivity index (χ4n) is 1.24. The Morgan fingerprint density at radius 3 is 2.33 bits per heavy atom. The van der Waals surface area contributed by atoms with Crippen molar-refractivity contribution >= 4 is 5.97 Å². The molecule has 2 N–H and O–H groups in total. The Morgan fingerprint density at radius 1 is 1.22 bits per heavy atom. The number of rotatable bonds is 7. The summed E-state index contributed by atoms with van der Waals surface area (Å²) in [7, 11) is 0. The van der Waals surface area contributed by atoms with Crippen LogP contribution in [0.1, 0.15) is 24.2 Å². The lowest BCUT2D eigenvalue weighted by atomic mass is 10.2. The van der Waals surface area contributed by atoms with Gasteiger partial charge < -0.3 is 19.7 Å². The molecule has 0 bridgehead atoms. The molecule has 1 rings (SSSR count). The zero-order valence-electron chi connectivity index (χ0n) is 10.5. The van der Waals surface area contributed by atoms with Crippen LogP contribution in [0, 0.1) is 0 Å². The van der Waals surface area contributed by atoms with E-state index in [4.69, 9.17) is 14.6 Å². The van der Waals surface area contributed by atoms with Gasteiger partial charge in [-0.2, -0.15) is 0 Å². The minimum atomic E-state index is -0.980. The van der Waals surface area contributed by atoms with Gasteiger partial charge in [0.2, 0.25) is 0 Å². The lowest BCUT2D eigenvalue weighted by Gasteiger charge is -2.14. The molecular weight excluding hydrogens is 236 g/mol. The van der Waals surface area contributed by atoms with Crippen LogP contribution < -0.4 is 4.74 Å². The lowest BCUT2D eigenvalue weighted by Crippen LogP contribution is -2.25. The zero-order chi connectivity index (χ0) is 13.5. The highest BCUT2D eigenvalue weighted by molar-refractivity contribution is 5.87. The number of aromatic carboxylic acids is 1. The number of ether oxygens (including phenoxy) is 2. The first-order valence-corrected chi connectivity index (χ1v) is 5.75. The Balaban J connectivity index is 2.36. The fraction of sp³-hybridized carbons (Fsp3) is 0.462. The second kappa shape index (κ2) is 6.98. The summed E-state index contributed by atoms with van der Waals surface area (Å²) < 4.78 is 10.5. The number of carbonyl (C=O) groups is 1. The van der Waals surface area contributed by atoms with Crippen molar-refractivity contribution < 1.29 is 24.5 Å². The topological polar surface area (TPSA) is 76.0 Å². The van der Waals surface area contributed by atoms with E-state index in [0.29, 0.717) is 5.75 Å². The molecule has 0 aliphatic heterocycles.